The van der Waals surface area contributed by atoms with Gasteiger partial charge in [-0.05, 0) is 34.5 Å². The van der Waals surface area contributed by atoms with Crippen molar-refractivity contribution in [2.24, 2.45) is 0 Å². The molecule has 0 aromatic heterocycles. The minimum atomic E-state index is -0.632. The lowest BCUT2D eigenvalue weighted by Crippen LogP contribution is -1.93. The van der Waals surface area contributed by atoms with E-state index in [0.29, 0.717) is 5.56 Å². The van der Waals surface area contributed by atoms with E-state index in [1.54, 1.807) is 6.92 Å². The highest BCUT2D eigenvalue weighted by molar-refractivity contribution is 9.10. The summed E-state index contributed by atoms with van der Waals surface area (Å²) >= 11 is 2.81. The lowest BCUT2D eigenvalue weighted by atomic mass is 10.2. The maximum atomic E-state index is 13.0. The second-order valence-electron chi connectivity index (χ2n) is 2.29. The maximum Gasteiger partial charge on any atom is 0.286 e. The molecular weight excluding hydrogens is 229 g/mol. The molecule has 0 N–H and O–H groups in total. The molecule has 0 radical (unpaired) electrons. The van der Waals surface area contributed by atoms with Crippen LogP contribution in [0.1, 0.15) is 5.56 Å². The number of hydrogen-bond acceptors (Lipinski definition) is 2. The number of rotatable bonds is 1. The molecule has 0 spiro atoms. The van der Waals surface area contributed by atoms with Gasteiger partial charge in [0.25, 0.3) is 5.69 Å². The van der Waals surface area contributed by atoms with Gasteiger partial charge in [-0.25, -0.2) is 4.39 Å². The fourth-order valence-corrected chi connectivity index (χ4v) is 1.37. The summed E-state index contributed by atoms with van der Waals surface area (Å²) in [5.41, 5.74) is 0.130. The molecule has 0 unspecified atom stereocenters. The molecule has 0 aliphatic heterocycles. The Labute approximate surface area is 76.5 Å². The van der Waals surface area contributed by atoms with Gasteiger partial charge in [0, 0.05) is 6.07 Å². The molecule has 3 nitrogen and oxygen atoms in total. The summed E-state index contributed by atoms with van der Waals surface area (Å²) in [6.45, 7) is 1.55. The smallest absolute Gasteiger partial charge is 0.258 e. The van der Waals surface area contributed by atoms with Gasteiger partial charge in [-0.2, -0.15) is 0 Å². The van der Waals surface area contributed by atoms with Crippen LogP contribution in [0.4, 0.5) is 10.1 Å². The van der Waals surface area contributed by atoms with Gasteiger partial charge in [-0.3, -0.25) is 10.1 Å². The number of halogens is 2. The van der Waals surface area contributed by atoms with Crippen LogP contribution in [0.15, 0.2) is 16.6 Å². The third-order valence-electron chi connectivity index (χ3n) is 1.45. The minimum Gasteiger partial charge on any atom is -0.258 e. The second kappa shape index (κ2) is 3.18. The molecule has 0 bridgehead atoms. The quantitative estimate of drug-likeness (QED) is 0.553. The predicted molar refractivity (Wildman–Crippen MR) is 45.5 cm³/mol. The summed E-state index contributed by atoms with van der Waals surface area (Å²) in [5, 5.41) is 10.3. The van der Waals surface area contributed by atoms with E-state index in [2.05, 4.69) is 15.9 Å². The van der Waals surface area contributed by atoms with Crippen molar-refractivity contribution in [3.05, 3.63) is 38.1 Å². The molecule has 0 fully saturated rings. The number of nitrogens with zero attached hydrogens (tertiary/aromatic N) is 1. The summed E-state index contributed by atoms with van der Waals surface area (Å²) in [7, 11) is 0. The van der Waals surface area contributed by atoms with Crippen LogP contribution in [-0.2, 0) is 0 Å². The number of nitro benzene ring substituents is 1. The van der Waals surface area contributed by atoms with Gasteiger partial charge < -0.3 is 0 Å². The molecule has 0 aliphatic carbocycles. The Balaban J connectivity index is 3.36. The molecule has 0 aliphatic rings. The molecule has 0 atom stereocenters. The first-order valence-electron chi connectivity index (χ1n) is 3.13. The van der Waals surface area contributed by atoms with Crippen LogP contribution < -0.4 is 0 Å². The highest BCUT2D eigenvalue weighted by atomic mass is 79.9. The molecule has 12 heavy (non-hydrogen) atoms. The van der Waals surface area contributed by atoms with E-state index in [9.17, 15) is 14.5 Å². The molecular formula is C7H5BrFNO2. The first kappa shape index (κ1) is 9.12. The van der Waals surface area contributed by atoms with Gasteiger partial charge in [0.05, 0.1) is 4.92 Å². The third-order valence-corrected chi connectivity index (χ3v) is 2.21. The molecule has 0 heterocycles. The second-order valence-corrected chi connectivity index (χ2v) is 3.08. The Morgan fingerprint density at radius 3 is 2.67 bits per heavy atom. The Morgan fingerprint density at radius 2 is 2.17 bits per heavy atom. The number of benzene rings is 1. The van der Waals surface area contributed by atoms with Crippen LogP contribution in [0.2, 0.25) is 0 Å². The van der Waals surface area contributed by atoms with Crippen LogP contribution in [0.5, 0.6) is 0 Å². The van der Waals surface area contributed by atoms with Crippen molar-refractivity contribution in [3.63, 3.8) is 0 Å². The van der Waals surface area contributed by atoms with Crippen LogP contribution in [0.25, 0.3) is 0 Å². The van der Waals surface area contributed by atoms with E-state index in [4.69, 9.17) is 0 Å². The van der Waals surface area contributed by atoms with E-state index in [0.717, 1.165) is 0 Å². The van der Waals surface area contributed by atoms with E-state index < -0.39 is 10.7 Å². The van der Waals surface area contributed by atoms with Gasteiger partial charge in [-0.15, -0.1) is 0 Å². The SMILES string of the molecule is Cc1ccc([N+](=O)[O-])c(Br)c1F. The summed E-state index contributed by atoms with van der Waals surface area (Å²) in [5.74, 6) is -0.579. The zero-order chi connectivity index (χ0) is 9.30. The number of hydrogen-bond donors (Lipinski definition) is 0. The standard InChI is InChI=1S/C7H5BrFNO2/c1-4-2-3-5(10(11)12)6(8)7(4)9/h2-3H,1H3. The van der Waals surface area contributed by atoms with Crippen molar-refractivity contribution < 1.29 is 9.31 Å². The van der Waals surface area contributed by atoms with Crippen molar-refractivity contribution in [1.82, 2.24) is 0 Å². The zero-order valence-corrected chi connectivity index (χ0v) is 7.76. The van der Waals surface area contributed by atoms with E-state index in [1.807, 2.05) is 0 Å². The maximum absolute atomic E-state index is 13.0. The third kappa shape index (κ3) is 1.45. The van der Waals surface area contributed by atoms with Crippen molar-refractivity contribution in [2.75, 3.05) is 0 Å². The Hall–Kier alpha value is -0.970. The van der Waals surface area contributed by atoms with E-state index in [-0.39, 0.29) is 10.2 Å². The average Bonchev–Trinajstić information content (AvgIpc) is 2.00. The number of aryl methyl sites for hydroxylation is 1. The zero-order valence-electron chi connectivity index (χ0n) is 6.17. The fraction of sp³-hybridized carbons (Fsp3) is 0.143. The highest BCUT2D eigenvalue weighted by Crippen LogP contribution is 2.28. The molecule has 5 heteroatoms. The number of nitro groups is 1. The lowest BCUT2D eigenvalue weighted by Gasteiger charge is -1.98. The Morgan fingerprint density at radius 1 is 1.58 bits per heavy atom. The lowest BCUT2D eigenvalue weighted by molar-refractivity contribution is -0.385. The van der Waals surface area contributed by atoms with Crippen LogP contribution >= 0.6 is 15.9 Å². The van der Waals surface area contributed by atoms with Crippen LogP contribution in [0.3, 0.4) is 0 Å². The molecule has 1 aromatic rings. The molecule has 0 amide bonds. The topological polar surface area (TPSA) is 43.1 Å². The molecule has 1 rings (SSSR count). The fourth-order valence-electron chi connectivity index (χ4n) is 0.777. The predicted octanol–water partition coefficient (Wildman–Crippen LogP) is 2.80. The molecule has 0 saturated carbocycles. The molecule has 64 valence electrons. The highest BCUT2D eigenvalue weighted by Gasteiger charge is 2.16. The summed E-state index contributed by atoms with van der Waals surface area (Å²) < 4.78 is 12.9. The van der Waals surface area contributed by atoms with Gasteiger partial charge in [0.1, 0.15) is 10.3 Å². The minimum absolute atomic E-state index is 0.0903. The first-order chi connectivity index (χ1) is 5.54. The monoisotopic (exact) mass is 233 g/mol. The largest absolute Gasteiger partial charge is 0.286 e. The van der Waals surface area contributed by atoms with Crippen molar-refractivity contribution >= 4 is 21.6 Å². The Kier molecular flexibility index (Phi) is 2.42. The molecule has 0 saturated heterocycles. The van der Waals surface area contributed by atoms with Gasteiger partial charge >= 0.3 is 0 Å². The van der Waals surface area contributed by atoms with Crippen LogP contribution in [0, 0.1) is 22.9 Å². The average molecular weight is 234 g/mol. The first-order valence-corrected chi connectivity index (χ1v) is 3.92. The summed E-state index contributed by atoms with van der Waals surface area (Å²) in [4.78, 5) is 9.66. The Bertz CT molecular complexity index is 340. The summed E-state index contributed by atoms with van der Waals surface area (Å²) in [6, 6.07) is 2.64. The molecule has 1 aromatic carbocycles. The van der Waals surface area contributed by atoms with Gasteiger partial charge in [0.15, 0.2) is 0 Å². The summed E-state index contributed by atoms with van der Waals surface area (Å²) in [6.07, 6.45) is 0. The van der Waals surface area contributed by atoms with E-state index >= 15 is 0 Å². The van der Waals surface area contributed by atoms with Gasteiger partial charge in [-0.1, -0.05) is 0 Å². The van der Waals surface area contributed by atoms with Crippen molar-refractivity contribution in [2.45, 2.75) is 6.92 Å². The van der Waals surface area contributed by atoms with Crippen molar-refractivity contribution in [1.29, 1.82) is 0 Å². The normalized spacial score (nSPS) is 9.92. The van der Waals surface area contributed by atoms with Gasteiger partial charge in [0.2, 0.25) is 0 Å². The van der Waals surface area contributed by atoms with E-state index in [1.165, 1.54) is 12.1 Å². The van der Waals surface area contributed by atoms with Crippen LogP contribution in [-0.4, -0.2) is 4.92 Å². The van der Waals surface area contributed by atoms with Crippen molar-refractivity contribution in [3.8, 4) is 0 Å².